The Balaban J connectivity index is 1.53. The van der Waals surface area contributed by atoms with Gasteiger partial charge in [-0.3, -0.25) is 4.79 Å². The van der Waals surface area contributed by atoms with E-state index in [1.165, 1.54) is 31.5 Å². The Kier molecular flexibility index (Phi) is 7.27. The summed E-state index contributed by atoms with van der Waals surface area (Å²) in [5.74, 6) is -0.161. The number of sulfonamides is 1. The van der Waals surface area contributed by atoms with Gasteiger partial charge in [-0.1, -0.05) is 12.1 Å². The summed E-state index contributed by atoms with van der Waals surface area (Å²) in [6.45, 7) is 3.59. The second kappa shape index (κ2) is 9.74. The van der Waals surface area contributed by atoms with E-state index in [1.807, 2.05) is 6.92 Å². The molecule has 0 aliphatic heterocycles. The Morgan fingerprint density at radius 2 is 1.84 bits per heavy atom. The fourth-order valence-electron chi connectivity index (χ4n) is 3.82. The quantitative estimate of drug-likeness (QED) is 0.676. The van der Waals surface area contributed by atoms with Gasteiger partial charge in [-0.2, -0.15) is 0 Å². The summed E-state index contributed by atoms with van der Waals surface area (Å²) in [7, 11) is -2.22. The van der Waals surface area contributed by atoms with Crippen molar-refractivity contribution >= 4 is 15.9 Å². The number of pyridine rings is 1. The molecule has 1 heterocycles. The Labute approximate surface area is 182 Å². The summed E-state index contributed by atoms with van der Waals surface area (Å²) in [6, 6.07) is 7.12. The second-order valence-electron chi connectivity index (χ2n) is 7.95. The molecule has 168 valence electrons. The number of nitrogens with one attached hydrogen (secondary N) is 2. The number of rotatable bonds is 7. The van der Waals surface area contributed by atoms with E-state index in [-0.39, 0.29) is 34.6 Å². The summed E-state index contributed by atoms with van der Waals surface area (Å²) in [5.41, 5.74) is 1.47. The lowest BCUT2D eigenvalue weighted by Gasteiger charge is -2.29. The number of methoxy groups -OCH3 is 1. The van der Waals surface area contributed by atoms with E-state index in [2.05, 4.69) is 15.0 Å². The van der Waals surface area contributed by atoms with Gasteiger partial charge < -0.3 is 10.1 Å². The molecule has 0 saturated heterocycles. The number of benzene rings is 1. The fourth-order valence-corrected chi connectivity index (χ4v) is 5.16. The van der Waals surface area contributed by atoms with E-state index in [4.69, 9.17) is 4.74 Å². The van der Waals surface area contributed by atoms with Gasteiger partial charge >= 0.3 is 0 Å². The largest absolute Gasteiger partial charge is 0.481 e. The Morgan fingerprint density at radius 3 is 2.42 bits per heavy atom. The molecule has 2 N–H and O–H groups in total. The minimum Gasteiger partial charge on any atom is -0.481 e. The Hall–Kier alpha value is -2.52. The molecule has 0 unspecified atom stereocenters. The second-order valence-corrected chi connectivity index (χ2v) is 9.66. The van der Waals surface area contributed by atoms with Crippen LogP contribution in [-0.2, 0) is 14.8 Å². The van der Waals surface area contributed by atoms with Gasteiger partial charge in [-0.25, -0.2) is 22.5 Å². The van der Waals surface area contributed by atoms with Crippen LogP contribution in [-0.4, -0.2) is 32.5 Å². The molecule has 2 aromatic rings. The number of carbonyl (C=O) groups excluding carboxylic acids is 1. The van der Waals surface area contributed by atoms with Crippen LogP contribution in [0.2, 0.25) is 0 Å². The van der Waals surface area contributed by atoms with E-state index in [1.54, 1.807) is 19.1 Å². The molecule has 9 heteroatoms. The van der Waals surface area contributed by atoms with Gasteiger partial charge in [-0.15, -0.1) is 0 Å². The number of halogens is 1. The first-order valence-electron chi connectivity index (χ1n) is 10.3. The molecule has 1 aromatic carbocycles. The van der Waals surface area contributed by atoms with Gasteiger partial charge in [0.1, 0.15) is 10.7 Å². The first kappa shape index (κ1) is 23.1. The maximum atomic E-state index is 13.1. The number of hydrogen-bond acceptors (Lipinski definition) is 5. The van der Waals surface area contributed by atoms with Crippen LogP contribution in [0.4, 0.5) is 4.39 Å². The molecule has 0 bridgehead atoms. The third kappa shape index (κ3) is 5.80. The normalized spacial score (nSPS) is 20.1. The van der Waals surface area contributed by atoms with E-state index in [0.29, 0.717) is 37.1 Å². The fraction of sp³-hybridized carbons (Fsp3) is 0.455. The van der Waals surface area contributed by atoms with Crippen molar-refractivity contribution < 1.29 is 22.3 Å². The SMILES string of the molecule is COc1ncc(S(=O)(=O)NC2CCC(C(=O)N[C@H](C)c3ccc(F)cc3)CC2)cc1C. The van der Waals surface area contributed by atoms with Crippen LogP contribution >= 0.6 is 0 Å². The van der Waals surface area contributed by atoms with Crippen LogP contribution in [0.1, 0.15) is 49.8 Å². The smallest absolute Gasteiger partial charge is 0.242 e. The van der Waals surface area contributed by atoms with Crippen LogP contribution in [0.25, 0.3) is 0 Å². The molecule has 1 aliphatic carbocycles. The van der Waals surface area contributed by atoms with Crippen molar-refractivity contribution in [2.45, 2.75) is 56.5 Å². The lowest BCUT2D eigenvalue weighted by Crippen LogP contribution is -2.41. The third-order valence-corrected chi connectivity index (χ3v) is 7.14. The predicted molar refractivity (Wildman–Crippen MR) is 115 cm³/mol. The van der Waals surface area contributed by atoms with Crippen LogP contribution in [0, 0.1) is 18.7 Å². The number of carbonyl (C=O) groups is 1. The predicted octanol–water partition coefficient (Wildman–Crippen LogP) is 3.25. The zero-order valence-electron chi connectivity index (χ0n) is 17.9. The Morgan fingerprint density at radius 1 is 1.19 bits per heavy atom. The molecule has 0 radical (unpaired) electrons. The molecule has 1 aliphatic rings. The lowest BCUT2D eigenvalue weighted by molar-refractivity contribution is -0.126. The third-order valence-electron chi connectivity index (χ3n) is 5.66. The van der Waals surface area contributed by atoms with Crippen molar-refractivity contribution in [1.29, 1.82) is 0 Å². The number of amides is 1. The van der Waals surface area contributed by atoms with Crippen molar-refractivity contribution in [2.75, 3.05) is 7.11 Å². The van der Waals surface area contributed by atoms with Crippen molar-refractivity contribution in [1.82, 2.24) is 15.0 Å². The number of ether oxygens (including phenoxy) is 1. The first-order chi connectivity index (χ1) is 14.7. The summed E-state index contributed by atoms with van der Waals surface area (Å²) < 4.78 is 46.3. The number of hydrogen-bond donors (Lipinski definition) is 2. The number of aromatic nitrogens is 1. The molecule has 31 heavy (non-hydrogen) atoms. The summed E-state index contributed by atoms with van der Waals surface area (Å²) in [6.07, 6.45) is 3.61. The maximum Gasteiger partial charge on any atom is 0.242 e. The average Bonchev–Trinajstić information content (AvgIpc) is 2.74. The highest BCUT2D eigenvalue weighted by Gasteiger charge is 2.30. The van der Waals surface area contributed by atoms with Gasteiger partial charge in [-0.05, 0) is 63.3 Å². The maximum absolute atomic E-state index is 13.1. The highest BCUT2D eigenvalue weighted by molar-refractivity contribution is 7.89. The average molecular weight is 450 g/mol. The van der Waals surface area contributed by atoms with Gasteiger partial charge in [0.2, 0.25) is 21.8 Å². The topological polar surface area (TPSA) is 97.4 Å². The standard InChI is InChI=1S/C22H28FN3O4S/c1-14-12-20(13-24-22(14)30-3)31(28,29)26-19-10-6-17(7-11-19)21(27)25-15(2)16-4-8-18(23)9-5-16/h4-5,8-9,12-13,15,17,19,26H,6-7,10-11H2,1-3H3,(H,25,27)/t15-,17?,19?/m1/s1. The first-order valence-corrected chi connectivity index (χ1v) is 11.8. The van der Waals surface area contributed by atoms with E-state index >= 15 is 0 Å². The molecule has 0 spiro atoms. The van der Waals surface area contributed by atoms with E-state index in [9.17, 15) is 17.6 Å². The van der Waals surface area contributed by atoms with Crippen LogP contribution < -0.4 is 14.8 Å². The van der Waals surface area contributed by atoms with Crippen molar-refractivity contribution in [3.63, 3.8) is 0 Å². The molecule has 3 rings (SSSR count). The molecule has 1 atom stereocenters. The molecule has 1 fully saturated rings. The molecule has 1 saturated carbocycles. The summed E-state index contributed by atoms with van der Waals surface area (Å²) in [4.78, 5) is 16.7. The highest BCUT2D eigenvalue weighted by Crippen LogP contribution is 2.27. The Bertz CT molecular complexity index is 1020. The van der Waals surface area contributed by atoms with Crippen molar-refractivity contribution in [3.8, 4) is 5.88 Å². The monoisotopic (exact) mass is 449 g/mol. The van der Waals surface area contributed by atoms with Gasteiger partial charge in [0, 0.05) is 17.5 Å². The minimum atomic E-state index is -3.70. The van der Waals surface area contributed by atoms with Gasteiger partial charge in [0.05, 0.1) is 19.3 Å². The minimum absolute atomic E-state index is 0.0619. The number of aryl methyl sites for hydroxylation is 1. The van der Waals surface area contributed by atoms with Crippen molar-refractivity contribution in [3.05, 3.63) is 53.5 Å². The zero-order valence-corrected chi connectivity index (χ0v) is 18.7. The van der Waals surface area contributed by atoms with Crippen LogP contribution in [0.15, 0.2) is 41.4 Å². The lowest BCUT2D eigenvalue weighted by atomic mass is 9.85. The van der Waals surface area contributed by atoms with E-state index in [0.717, 1.165) is 5.56 Å². The highest BCUT2D eigenvalue weighted by atomic mass is 32.2. The number of nitrogens with zero attached hydrogens (tertiary/aromatic N) is 1. The van der Waals surface area contributed by atoms with Crippen LogP contribution in [0.3, 0.4) is 0 Å². The van der Waals surface area contributed by atoms with Crippen molar-refractivity contribution in [2.24, 2.45) is 5.92 Å². The molecule has 7 nitrogen and oxygen atoms in total. The molecular formula is C22H28FN3O4S. The van der Waals surface area contributed by atoms with Gasteiger partial charge in [0.15, 0.2) is 0 Å². The molecule has 1 amide bonds. The summed E-state index contributed by atoms with van der Waals surface area (Å²) in [5, 5.41) is 2.97. The zero-order chi connectivity index (χ0) is 22.6. The van der Waals surface area contributed by atoms with Crippen LogP contribution in [0.5, 0.6) is 5.88 Å². The molecule has 1 aromatic heterocycles. The van der Waals surface area contributed by atoms with Gasteiger partial charge in [0.25, 0.3) is 0 Å². The summed E-state index contributed by atoms with van der Waals surface area (Å²) >= 11 is 0. The van der Waals surface area contributed by atoms with E-state index < -0.39 is 10.0 Å². The molecular weight excluding hydrogens is 421 g/mol.